The molecule has 5 nitrogen and oxygen atoms in total. The summed E-state index contributed by atoms with van der Waals surface area (Å²) in [6.45, 7) is 0. The lowest BCUT2D eigenvalue weighted by atomic mass is 10.3. The smallest absolute Gasteiger partial charge is 0.266 e. The monoisotopic (exact) mass is 380 g/mol. The Hall–Kier alpha value is -1.38. The first-order valence-electron chi connectivity index (χ1n) is 5.16. The van der Waals surface area contributed by atoms with Gasteiger partial charge in [0.05, 0.1) is 5.69 Å². The molecule has 1 aromatic carbocycles. The van der Waals surface area contributed by atoms with Crippen molar-refractivity contribution in [1.82, 2.24) is 4.98 Å². The highest BCUT2D eigenvalue weighted by Crippen LogP contribution is 2.22. The molecule has 0 saturated heterocycles. The van der Waals surface area contributed by atoms with Crippen LogP contribution in [0.15, 0.2) is 44.6 Å². The molecule has 0 bridgehead atoms. The van der Waals surface area contributed by atoms with Crippen LogP contribution >= 0.6 is 27.5 Å². The van der Waals surface area contributed by atoms with Gasteiger partial charge in [0.1, 0.15) is 15.7 Å². The zero-order chi connectivity index (χ0) is 14.9. The topological polar surface area (TPSA) is 79.0 Å². The summed E-state index contributed by atoms with van der Waals surface area (Å²) >= 11 is 8.62. The van der Waals surface area contributed by atoms with Gasteiger partial charge in [-0.15, -0.1) is 0 Å². The van der Waals surface area contributed by atoms with E-state index in [4.69, 9.17) is 11.6 Å². The number of benzene rings is 1. The van der Waals surface area contributed by atoms with E-state index in [1.54, 1.807) is 0 Å². The van der Waals surface area contributed by atoms with Crippen LogP contribution in [0.3, 0.4) is 0 Å². The second kappa shape index (κ2) is 5.55. The van der Waals surface area contributed by atoms with Crippen LogP contribution in [-0.4, -0.2) is 13.4 Å². The number of H-pyrrole nitrogens is 1. The Bertz CT molecular complexity index is 823. The summed E-state index contributed by atoms with van der Waals surface area (Å²) in [5.41, 5.74) is -0.823. The second-order valence-electron chi connectivity index (χ2n) is 3.74. The number of pyridine rings is 1. The molecular formula is C11H7BrClFN2O3S. The molecule has 0 amide bonds. The molecule has 0 atom stereocenters. The third kappa shape index (κ3) is 3.20. The lowest BCUT2D eigenvalue weighted by Crippen LogP contribution is -2.16. The molecule has 0 saturated carbocycles. The highest BCUT2D eigenvalue weighted by Gasteiger charge is 2.17. The first-order valence-corrected chi connectivity index (χ1v) is 7.81. The Morgan fingerprint density at radius 3 is 2.60 bits per heavy atom. The summed E-state index contributed by atoms with van der Waals surface area (Å²) < 4.78 is 40.2. The fraction of sp³-hybridized carbons (Fsp3) is 0. The molecule has 9 heteroatoms. The van der Waals surface area contributed by atoms with Gasteiger partial charge in [-0.05, 0) is 24.3 Å². The first-order chi connectivity index (χ1) is 9.29. The van der Waals surface area contributed by atoms with E-state index in [1.807, 2.05) is 0 Å². The van der Waals surface area contributed by atoms with Gasteiger partial charge in [-0.3, -0.25) is 9.52 Å². The molecule has 0 aliphatic carbocycles. The van der Waals surface area contributed by atoms with Crippen molar-refractivity contribution >= 4 is 43.2 Å². The summed E-state index contributed by atoms with van der Waals surface area (Å²) in [5.74, 6) is -0.738. The maximum Gasteiger partial charge on any atom is 0.266 e. The first kappa shape index (κ1) is 15.0. The van der Waals surface area contributed by atoms with Crippen molar-refractivity contribution < 1.29 is 12.8 Å². The van der Waals surface area contributed by atoms with Crippen LogP contribution in [0.2, 0.25) is 5.02 Å². The molecule has 0 fully saturated rings. The van der Waals surface area contributed by atoms with E-state index in [-0.39, 0.29) is 15.6 Å². The van der Waals surface area contributed by atoms with Crippen LogP contribution in [0.4, 0.5) is 10.1 Å². The van der Waals surface area contributed by atoms with Gasteiger partial charge in [0, 0.05) is 10.7 Å². The van der Waals surface area contributed by atoms with Crippen molar-refractivity contribution in [2.24, 2.45) is 0 Å². The number of anilines is 1. The van der Waals surface area contributed by atoms with E-state index in [1.165, 1.54) is 12.1 Å². The Morgan fingerprint density at radius 2 is 2.00 bits per heavy atom. The fourth-order valence-corrected chi connectivity index (χ4v) is 3.00. The van der Waals surface area contributed by atoms with E-state index in [0.717, 1.165) is 18.3 Å². The zero-order valence-corrected chi connectivity index (χ0v) is 12.8. The van der Waals surface area contributed by atoms with Crippen LogP contribution in [-0.2, 0) is 10.0 Å². The van der Waals surface area contributed by atoms with Gasteiger partial charge in [0.2, 0.25) is 0 Å². The number of hydrogen-bond donors (Lipinski definition) is 2. The third-order valence-electron chi connectivity index (χ3n) is 2.32. The average molecular weight is 382 g/mol. The van der Waals surface area contributed by atoms with Crippen LogP contribution in [0.1, 0.15) is 0 Å². The van der Waals surface area contributed by atoms with Crippen molar-refractivity contribution in [2.75, 3.05) is 4.72 Å². The number of nitrogens with one attached hydrogen (secondary N) is 2. The van der Waals surface area contributed by atoms with Crippen LogP contribution in [0.5, 0.6) is 0 Å². The van der Waals surface area contributed by atoms with Crippen molar-refractivity contribution in [1.29, 1.82) is 0 Å². The van der Waals surface area contributed by atoms with Gasteiger partial charge in [0.25, 0.3) is 15.6 Å². The van der Waals surface area contributed by atoms with Gasteiger partial charge in [-0.1, -0.05) is 27.5 Å². The zero-order valence-electron chi connectivity index (χ0n) is 9.65. The van der Waals surface area contributed by atoms with Crippen LogP contribution in [0, 0.1) is 5.82 Å². The maximum absolute atomic E-state index is 13.6. The molecule has 2 N–H and O–H groups in total. The summed E-state index contributed by atoms with van der Waals surface area (Å²) in [6, 6.07) is 4.86. The normalized spacial score (nSPS) is 11.3. The largest absolute Gasteiger partial charge is 0.326 e. The summed E-state index contributed by atoms with van der Waals surface area (Å²) in [6.07, 6.45) is 0.979. The van der Waals surface area contributed by atoms with Crippen molar-refractivity contribution in [3.8, 4) is 0 Å². The minimum absolute atomic E-state index is 0.212. The molecule has 0 aliphatic rings. The minimum atomic E-state index is -4.05. The molecule has 0 aliphatic heterocycles. The summed E-state index contributed by atoms with van der Waals surface area (Å²) in [4.78, 5) is 13.0. The molecule has 1 aromatic heterocycles. The third-order valence-corrected chi connectivity index (χ3v) is 4.44. The van der Waals surface area contributed by atoms with E-state index < -0.39 is 21.4 Å². The number of halogens is 3. The van der Waals surface area contributed by atoms with E-state index in [2.05, 4.69) is 25.6 Å². The van der Waals surface area contributed by atoms with Crippen molar-refractivity contribution in [3.63, 3.8) is 0 Å². The highest BCUT2D eigenvalue weighted by atomic mass is 79.9. The highest BCUT2D eigenvalue weighted by molar-refractivity contribution is 9.10. The Morgan fingerprint density at radius 1 is 1.30 bits per heavy atom. The Balaban J connectivity index is 2.40. The van der Waals surface area contributed by atoms with E-state index in [0.29, 0.717) is 4.47 Å². The second-order valence-corrected chi connectivity index (χ2v) is 6.75. The average Bonchev–Trinajstić information content (AvgIpc) is 2.36. The number of aromatic nitrogens is 1. The Kier molecular flexibility index (Phi) is 4.17. The molecule has 0 unspecified atom stereocenters. The van der Waals surface area contributed by atoms with Crippen LogP contribution < -0.4 is 10.3 Å². The molecule has 106 valence electrons. The van der Waals surface area contributed by atoms with Gasteiger partial charge < -0.3 is 4.98 Å². The molecular weight excluding hydrogens is 375 g/mol. The van der Waals surface area contributed by atoms with Crippen LogP contribution in [0.25, 0.3) is 0 Å². The molecule has 2 rings (SSSR count). The van der Waals surface area contributed by atoms with Gasteiger partial charge in [0.15, 0.2) is 0 Å². The van der Waals surface area contributed by atoms with Gasteiger partial charge in [-0.2, -0.15) is 0 Å². The molecule has 20 heavy (non-hydrogen) atoms. The molecule has 0 radical (unpaired) electrons. The van der Waals surface area contributed by atoms with E-state index in [9.17, 15) is 17.6 Å². The lowest BCUT2D eigenvalue weighted by Gasteiger charge is -2.09. The summed E-state index contributed by atoms with van der Waals surface area (Å²) in [5, 5.41) is -0.274. The molecule has 0 spiro atoms. The van der Waals surface area contributed by atoms with Gasteiger partial charge in [-0.25, -0.2) is 12.8 Å². The molecule has 2 aromatic rings. The predicted octanol–water partition coefficient (Wildman–Crippen LogP) is 2.73. The lowest BCUT2D eigenvalue weighted by molar-refractivity contribution is 0.598. The van der Waals surface area contributed by atoms with Crippen molar-refractivity contribution in [3.05, 3.63) is 56.1 Å². The quantitative estimate of drug-likeness (QED) is 0.858. The number of aromatic amines is 1. The van der Waals surface area contributed by atoms with E-state index >= 15 is 0 Å². The maximum atomic E-state index is 13.6. The molecule has 1 heterocycles. The van der Waals surface area contributed by atoms with Gasteiger partial charge >= 0.3 is 0 Å². The number of rotatable bonds is 3. The van der Waals surface area contributed by atoms with Crippen molar-refractivity contribution in [2.45, 2.75) is 4.90 Å². The fourth-order valence-electron chi connectivity index (χ4n) is 1.37. The number of hydrogen-bond acceptors (Lipinski definition) is 3. The SMILES string of the molecule is O=c1[nH]cc(S(=O)(=O)Nc2ccc(Br)cc2F)cc1Cl. The predicted molar refractivity (Wildman–Crippen MR) is 77.0 cm³/mol. The summed E-state index contributed by atoms with van der Waals surface area (Å²) in [7, 11) is -4.05. The minimum Gasteiger partial charge on any atom is -0.326 e. The number of sulfonamides is 1. The standard InChI is InChI=1S/C11H7BrClFN2O3S/c12-6-1-2-10(9(14)3-6)16-20(18,19)7-4-8(13)11(17)15-5-7/h1-5,16H,(H,15,17). The Labute approximate surface area is 127 Å².